The van der Waals surface area contributed by atoms with E-state index < -0.39 is 10.0 Å². The van der Waals surface area contributed by atoms with Gasteiger partial charge in [0.2, 0.25) is 0 Å². The molecular formula is C23H24N4O2S. The minimum absolute atomic E-state index is 0.210. The van der Waals surface area contributed by atoms with Crippen molar-refractivity contribution in [3.63, 3.8) is 0 Å². The number of pyridine rings is 1. The van der Waals surface area contributed by atoms with Crippen molar-refractivity contribution in [2.24, 2.45) is 0 Å². The Hall–Kier alpha value is -3.21. The maximum atomic E-state index is 13.4. The fraction of sp³-hybridized carbons (Fsp3) is 0.217. The molecule has 0 bridgehead atoms. The van der Waals surface area contributed by atoms with Gasteiger partial charge in [-0.15, -0.1) is 0 Å². The first-order valence-electron chi connectivity index (χ1n) is 9.53. The van der Waals surface area contributed by atoms with E-state index in [0.717, 1.165) is 16.8 Å². The maximum absolute atomic E-state index is 13.4. The summed E-state index contributed by atoms with van der Waals surface area (Å²) in [5, 5.41) is 8.94. The Bertz CT molecular complexity index is 1150. The smallest absolute Gasteiger partial charge is 0.265 e. The Labute approximate surface area is 178 Å². The minimum Gasteiger partial charge on any atom is -0.308 e. The van der Waals surface area contributed by atoms with Crippen LogP contribution >= 0.6 is 0 Å². The second-order valence-electron chi connectivity index (χ2n) is 7.23. The van der Waals surface area contributed by atoms with Crippen LogP contribution < -0.4 is 4.31 Å². The summed E-state index contributed by atoms with van der Waals surface area (Å²) in [4.78, 5) is 6.57. The molecule has 1 heterocycles. The fourth-order valence-electron chi connectivity index (χ4n) is 3.00. The van der Waals surface area contributed by atoms with Crippen LogP contribution in [0.25, 0.3) is 11.1 Å². The van der Waals surface area contributed by atoms with Crippen LogP contribution in [0.1, 0.15) is 11.3 Å². The molecule has 0 saturated carbocycles. The highest BCUT2D eigenvalue weighted by molar-refractivity contribution is 7.92. The van der Waals surface area contributed by atoms with Gasteiger partial charge in [0.25, 0.3) is 10.0 Å². The fourth-order valence-corrected chi connectivity index (χ4v) is 4.40. The van der Waals surface area contributed by atoms with Crippen LogP contribution in [0.4, 0.5) is 5.82 Å². The van der Waals surface area contributed by atoms with E-state index in [2.05, 4.69) is 11.1 Å². The molecule has 0 aliphatic heterocycles. The molecule has 1 aromatic heterocycles. The summed E-state index contributed by atoms with van der Waals surface area (Å²) in [5.74, 6) is 0.410. The summed E-state index contributed by atoms with van der Waals surface area (Å²) in [6, 6.07) is 21.4. The number of aryl methyl sites for hydroxylation is 1. The molecule has 0 radical (unpaired) electrons. The number of sulfonamides is 1. The van der Waals surface area contributed by atoms with E-state index in [0.29, 0.717) is 24.5 Å². The number of aromatic nitrogens is 1. The van der Waals surface area contributed by atoms with Crippen LogP contribution in [0.2, 0.25) is 0 Å². The van der Waals surface area contributed by atoms with E-state index in [1.165, 1.54) is 4.31 Å². The van der Waals surface area contributed by atoms with Gasteiger partial charge in [0, 0.05) is 18.8 Å². The van der Waals surface area contributed by atoms with Crippen LogP contribution in [0.15, 0.2) is 71.6 Å². The molecular weight excluding hydrogens is 396 g/mol. The van der Waals surface area contributed by atoms with E-state index in [1.54, 1.807) is 42.5 Å². The van der Waals surface area contributed by atoms with Crippen molar-refractivity contribution in [2.45, 2.75) is 11.8 Å². The van der Waals surface area contributed by atoms with Crippen LogP contribution in [0.5, 0.6) is 0 Å². The van der Waals surface area contributed by atoms with E-state index in [4.69, 9.17) is 5.26 Å². The van der Waals surface area contributed by atoms with Gasteiger partial charge in [0.15, 0.2) is 0 Å². The molecule has 30 heavy (non-hydrogen) atoms. The average Bonchev–Trinajstić information content (AvgIpc) is 2.74. The van der Waals surface area contributed by atoms with Crippen LogP contribution in [0, 0.1) is 18.3 Å². The van der Waals surface area contributed by atoms with Gasteiger partial charge in [-0.2, -0.15) is 5.26 Å². The molecule has 0 amide bonds. The lowest BCUT2D eigenvalue weighted by atomic mass is 10.0. The third-order valence-electron chi connectivity index (χ3n) is 4.67. The van der Waals surface area contributed by atoms with Gasteiger partial charge in [-0.1, -0.05) is 30.3 Å². The van der Waals surface area contributed by atoms with E-state index in [9.17, 15) is 8.42 Å². The van der Waals surface area contributed by atoms with Crippen molar-refractivity contribution in [2.75, 3.05) is 31.5 Å². The Balaban J connectivity index is 1.94. The number of nitrogens with zero attached hydrogens (tertiary/aromatic N) is 4. The molecule has 6 nitrogen and oxygen atoms in total. The maximum Gasteiger partial charge on any atom is 0.265 e. The zero-order valence-electron chi connectivity index (χ0n) is 17.3. The summed E-state index contributed by atoms with van der Waals surface area (Å²) >= 11 is 0. The zero-order valence-corrected chi connectivity index (χ0v) is 18.1. The first-order valence-corrected chi connectivity index (χ1v) is 11.0. The molecule has 0 atom stereocenters. The number of hydrogen-bond acceptors (Lipinski definition) is 5. The Morgan fingerprint density at radius 2 is 1.50 bits per heavy atom. The monoisotopic (exact) mass is 420 g/mol. The van der Waals surface area contributed by atoms with Gasteiger partial charge in [-0.05, 0) is 68.5 Å². The van der Waals surface area contributed by atoms with Crippen molar-refractivity contribution in [1.29, 1.82) is 5.26 Å². The second kappa shape index (κ2) is 9.08. The Kier molecular flexibility index (Phi) is 6.50. The molecule has 0 spiro atoms. The molecule has 3 rings (SSSR count). The highest BCUT2D eigenvalue weighted by atomic mass is 32.2. The highest BCUT2D eigenvalue weighted by Gasteiger charge is 2.26. The third kappa shape index (κ3) is 4.85. The molecule has 0 fully saturated rings. The summed E-state index contributed by atoms with van der Waals surface area (Å²) < 4.78 is 28.2. The molecule has 0 saturated heterocycles. The van der Waals surface area contributed by atoms with Gasteiger partial charge in [-0.25, -0.2) is 17.7 Å². The van der Waals surface area contributed by atoms with Gasteiger partial charge >= 0.3 is 0 Å². The Morgan fingerprint density at radius 3 is 2.03 bits per heavy atom. The molecule has 3 aromatic rings. The topological polar surface area (TPSA) is 77.3 Å². The predicted octanol–water partition coefficient (Wildman–Crippen LogP) is 3.69. The molecule has 0 aliphatic rings. The molecule has 2 aromatic carbocycles. The second-order valence-corrected chi connectivity index (χ2v) is 9.09. The molecule has 154 valence electrons. The molecule has 7 heteroatoms. The minimum atomic E-state index is -3.78. The number of rotatable bonds is 7. The number of hydrogen-bond donors (Lipinski definition) is 0. The third-order valence-corrected chi connectivity index (χ3v) is 6.49. The van der Waals surface area contributed by atoms with Crippen molar-refractivity contribution in [3.05, 3.63) is 78.0 Å². The van der Waals surface area contributed by atoms with E-state index in [1.807, 2.05) is 50.2 Å². The number of nitriles is 1. The van der Waals surface area contributed by atoms with Crippen molar-refractivity contribution >= 4 is 15.8 Å². The number of likely N-dealkylation sites (N-methyl/N-ethyl adjacent to an activating group) is 1. The van der Waals surface area contributed by atoms with Gasteiger partial charge in [0.1, 0.15) is 5.82 Å². The lowest BCUT2D eigenvalue weighted by molar-refractivity contribution is 0.419. The van der Waals surface area contributed by atoms with E-state index >= 15 is 0 Å². The lowest BCUT2D eigenvalue weighted by Crippen LogP contribution is -2.37. The Morgan fingerprint density at radius 1 is 0.900 bits per heavy atom. The summed E-state index contributed by atoms with van der Waals surface area (Å²) in [6.45, 7) is 2.70. The summed E-state index contributed by atoms with van der Waals surface area (Å²) in [5.41, 5.74) is 3.14. The van der Waals surface area contributed by atoms with Gasteiger partial charge in [0.05, 0.1) is 16.5 Å². The summed E-state index contributed by atoms with van der Waals surface area (Å²) in [6.07, 6.45) is 0. The van der Waals surface area contributed by atoms with Crippen LogP contribution in [-0.2, 0) is 10.0 Å². The molecule has 0 N–H and O–H groups in total. The first-order chi connectivity index (χ1) is 14.3. The molecule has 0 aliphatic carbocycles. The van der Waals surface area contributed by atoms with Gasteiger partial charge in [-0.3, -0.25) is 0 Å². The largest absolute Gasteiger partial charge is 0.308 e. The van der Waals surface area contributed by atoms with Gasteiger partial charge < -0.3 is 4.90 Å². The van der Waals surface area contributed by atoms with Crippen molar-refractivity contribution < 1.29 is 8.42 Å². The van der Waals surface area contributed by atoms with E-state index in [-0.39, 0.29) is 4.90 Å². The number of benzene rings is 2. The SMILES string of the molecule is Cc1cccc(N(CCN(C)C)S(=O)(=O)c2ccc(-c3ccc(C#N)cc3)cc2)n1. The van der Waals surface area contributed by atoms with Crippen LogP contribution in [0.3, 0.4) is 0 Å². The van der Waals surface area contributed by atoms with Crippen molar-refractivity contribution in [3.8, 4) is 17.2 Å². The lowest BCUT2D eigenvalue weighted by Gasteiger charge is -2.25. The quantitative estimate of drug-likeness (QED) is 0.583. The van der Waals surface area contributed by atoms with Crippen molar-refractivity contribution in [1.82, 2.24) is 9.88 Å². The summed E-state index contributed by atoms with van der Waals surface area (Å²) in [7, 11) is 0.0322. The van der Waals surface area contributed by atoms with Crippen LogP contribution in [-0.4, -0.2) is 45.5 Å². The standard InChI is InChI=1S/C23H24N4O2S/c1-18-5-4-6-23(25-18)27(16-15-26(2)3)30(28,29)22-13-11-21(12-14-22)20-9-7-19(17-24)8-10-20/h4-14H,15-16H2,1-3H3. The zero-order chi connectivity index (χ0) is 21.7. The number of anilines is 1. The highest BCUT2D eigenvalue weighted by Crippen LogP contribution is 2.26. The average molecular weight is 421 g/mol. The molecule has 0 unspecified atom stereocenters. The normalized spacial score (nSPS) is 11.3. The predicted molar refractivity (Wildman–Crippen MR) is 119 cm³/mol. The first kappa shape index (κ1) is 21.5.